The fourth-order valence-corrected chi connectivity index (χ4v) is 1.73. The molecule has 0 aliphatic rings. The van der Waals surface area contributed by atoms with E-state index in [4.69, 9.17) is 0 Å². The molecule has 5 heteroatoms. The van der Waals surface area contributed by atoms with Crippen molar-refractivity contribution < 1.29 is 13.2 Å². The molecule has 0 amide bonds. The van der Waals surface area contributed by atoms with Crippen molar-refractivity contribution in [2.24, 2.45) is 0 Å². The molecule has 1 aromatic heterocycles. The number of aromatic nitrogens is 1. The number of rotatable bonds is 0. The SMILES string of the molecule is Cc1nccc(I)c1C(F)(F)F. The molecule has 0 aliphatic heterocycles. The molecule has 12 heavy (non-hydrogen) atoms. The summed E-state index contributed by atoms with van der Waals surface area (Å²) in [6.45, 7) is 1.35. The summed E-state index contributed by atoms with van der Waals surface area (Å²) < 4.78 is 37.0. The van der Waals surface area contributed by atoms with Gasteiger partial charge >= 0.3 is 6.18 Å². The minimum atomic E-state index is -4.30. The van der Waals surface area contributed by atoms with Gasteiger partial charge in [-0.25, -0.2) is 0 Å². The average Bonchev–Trinajstić information content (AvgIpc) is 1.82. The van der Waals surface area contributed by atoms with E-state index in [9.17, 15) is 13.2 Å². The fraction of sp³-hybridized carbons (Fsp3) is 0.286. The maximum atomic E-state index is 12.3. The van der Waals surface area contributed by atoms with Crippen LogP contribution < -0.4 is 0 Å². The number of halogens is 4. The molecule has 0 atom stereocenters. The summed E-state index contributed by atoms with van der Waals surface area (Å²) in [5.74, 6) is 0. The minimum Gasteiger partial charge on any atom is -0.261 e. The van der Waals surface area contributed by atoms with E-state index in [2.05, 4.69) is 4.98 Å². The Balaban J connectivity index is 3.31. The van der Waals surface area contributed by atoms with Crippen molar-refractivity contribution in [2.75, 3.05) is 0 Å². The fourth-order valence-electron chi connectivity index (χ4n) is 0.876. The van der Waals surface area contributed by atoms with Crippen molar-refractivity contribution in [1.29, 1.82) is 0 Å². The molecule has 0 N–H and O–H groups in total. The third kappa shape index (κ3) is 1.88. The first-order valence-corrected chi connectivity index (χ1v) is 4.19. The lowest BCUT2D eigenvalue weighted by molar-refractivity contribution is -0.139. The molecule has 66 valence electrons. The Bertz CT molecular complexity index is 275. The lowest BCUT2D eigenvalue weighted by Crippen LogP contribution is -2.10. The molecular formula is C7H5F3IN. The van der Waals surface area contributed by atoms with Crippen molar-refractivity contribution in [3.05, 3.63) is 27.1 Å². The number of pyridine rings is 1. The smallest absolute Gasteiger partial charge is 0.261 e. The lowest BCUT2D eigenvalue weighted by atomic mass is 10.2. The molecule has 0 unspecified atom stereocenters. The standard InChI is InChI=1S/C7H5F3IN/c1-4-6(7(8,9)10)5(11)2-3-12-4/h2-3H,1H3. The van der Waals surface area contributed by atoms with Gasteiger partial charge in [0, 0.05) is 9.77 Å². The predicted octanol–water partition coefficient (Wildman–Crippen LogP) is 3.01. The maximum Gasteiger partial charge on any atom is 0.419 e. The molecule has 1 aromatic rings. The Hall–Kier alpha value is -0.330. The molecule has 0 saturated carbocycles. The number of hydrogen-bond donors (Lipinski definition) is 0. The van der Waals surface area contributed by atoms with Gasteiger partial charge in [-0.2, -0.15) is 13.2 Å². The molecule has 0 fully saturated rings. The van der Waals surface area contributed by atoms with E-state index in [0.29, 0.717) is 0 Å². The van der Waals surface area contributed by atoms with Gasteiger partial charge in [-0.1, -0.05) is 0 Å². The summed E-state index contributed by atoms with van der Waals surface area (Å²) in [6, 6.07) is 1.34. The first-order valence-electron chi connectivity index (χ1n) is 3.11. The summed E-state index contributed by atoms with van der Waals surface area (Å²) in [5.41, 5.74) is -0.611. The van der Waals surface area contributed by atoms with E-state index in [-0.39, 0.29) is 9.26 Å². The predicted molar refractivity (Wildman–Crippen MR) is 46.7 cm³/mol. The topological polar surface area (TPSA) is 12.9 Å². The number of nitrogens with zero attached hydrogens (tertiary/aromatic N) is 1. The van der Waals surface area contributed by atoms with Gasteiger partial charge in [0.15, 0.2) is 0 Å². The van der Waals surface area contributed by atoms with E-state index in [1.807, 2.05) is 0 Å². The van der Waals surface area contributed by atoms with Crippen LogP contribution in [0.1, 0.15) is 11.3 Å². The van der Waals surface area contributed by atoms with Crippen molar-refractivity contribution >= 4 is 22.6 Å². The Morgan fingerprint density at radius 1 is 1.42 bits per heavy atom. The molecule has 1 nitrogen and oxygen atoms in total. The van der Waals surface area contributed by atoms with Crippen LogP contribution in [0.4, 0.5) is 13.2 Å². The largest absolute Gasteiger partial charge is 0.419 e. The van der Waals surface area contributed by atoms with Crippen molar-refractivity contribution in [1.82, 2.24) is 4.98 Å². The van der Waals surface area contributed by atoms with E-state index in [1.165, 1.54) is 19.2 Å². The summed E-state index contributed by atoms with van der Waals surface area (Å²) in [6.07, 6.45) is -2.93. The second-order valence-electron chi connectivity index (χ2n) is 2.25. The maximum absolute atomic E-state index is 12.3. The lowest BCUT2D eigenvalue weighted by Gasteiger charge is -2.10. The zero-order chi connectivity index (χ0) is 9.35. The number of hydrogen-bond acceptors (Lipinski definition) is 1. The van der Waals surface area contributed by atoms with E-state index in [0.717, 1.165) is 0 Å². The first kappa shape index (κ1) is 9.76. The number of aryl methyl sites for hydroxylation is 1. The molecule has 0 radical (unpaired) electrons. The highest BCUT2D eigenvalue weighted by Gasteiger charge is 2.35. The summed E-state index contributed by atoms with van der Waals surface area (Å²) >= 11 is 1.65. The zero-order valence-corrected chi connectivity index (χ0v) is 8.27. The summed E-state index contributed by atoms with van der Waals surface area (Å²) in [5, 5.41) is 0. The monoisotopic (exact) mass is 287 g/mol. The van der Waals surface area contributed by atoms with Crippen LogP contribution in [0.25, 0.3) is 0 Å². The molecule has 0 bridgehead atoms. The van der Waals surface area contributed by atoms with Crippen LogP contribution in [-0.4, -0.2) is 4.98 Å². The highest BCUT2D eigenvalue weighted by atomic mass is 127. The van der Waals surface area contributed by atoms with Gasteiger partial charge in [-0.15, -0.1) is 0 Å². The molecule has 1 rings (SSSR count). The quantitative estimate of drug-likeness (QED) is 0.668. The minimum absolute atomic E-state index is 0.0226. The summed E-state index contributed by atoms with van der Waals surface area (Å²) in [4.78, 5) is 3.58. The van der Waals surface area contributed by atoms with Crippen molar-refractivity contribution in [2.45, 2.75) is 13.1 Å². The molecule has 1 heterocycles. The Morgan fingerprint density at radius 2 is 2.00 bits per heavy atom. The second-order valence-corrected chi connectivity index (χ2v) is 3.41. The Kier molecular flexibility index (Phi) is 2.60. The van der Waals surface area contributed by atoms with Crippen molar-refractivity contribution in [3.63, 3.8) is 0 Å². The van der Waals surface area contributed by atoms with Gasteiger partial charge in [0.1, 0.15) is 0 Å². The van der Waals surface area contributed by atoms with Gasteiger partial charge < -0.3 is 0 Å². The second kappa shape index (κ2) is 3.20. The van der Waals surface area contributed by atoms with Crippen LogP contribution >= 0.6 is 22.6 Å². The van der Waals surface area contributed by atoms with Crippen LogP contribution in [0, 0.1) is 10.5 Å². The zero-order valence-electron chi connectivity index (χ0n) is 6.11. The van der Waals surface area contributed by atoms with Gasteiger partial charge in [0.25, 0.3) is 0 Å². The van der Waals surface area contributed by atoms with Crippen LogP contribution in [-0.2, 0) is 6.18 Å². The average molecular weight is 287 g/mol. The van der Waals surface area contributed by atoms with E-state index < -0.39 is 11.7 Å². The van der Waals surface area contributed by atoms with E-state index >= 15 is 0 Å². The van der Waals surface area contributed by atoms with E-state index in [1.54, 1.807) is 22.6 Å². The van der Waals surface area contributed by atoms with Crippen LogP contribution in [0.2, 0.25) is 0 Å². The van der Waals surface area contributed by atoms with Gasteiger partial charge in [-0.3, -0.25) is 4.98 Å². The highest BCUT2D eigenvalue weighted by molar-refractivity contribution is 14.1. The van der Waals surface area contributed by atoms with Gasteiger partial charge in [0.05, 0.1) is 11.3 Å². The Labute approximate surface area is 81.1 Å². The molecule has 0 saturated heterocycles. The van der Waals surface area contributed by atoms with Gasteiger partial charge in [0.2, 0.25) is 0 Å². The molecule has 0 spiro atoms. The van der Waals surface area contributed by atoms with Crippen LogP contribution in [0.3, 0.4) is 0 Å². The highest BCUT2D eigenvalue weighted by Crippen LogP contribution is 2.33. The molecule has 0 aliphatic carbocycles. The third-order valence-electron chi connectivity index (χ3n) is 1.37. The Morgan fingerprint density at radius 3 is 2.33 bits per heavy atom. The third-order valence-corrected chi connectivity index (χ3v) is 2.27. The number of alkyl halides is 3. The van der Waals surface area contributed by atoms with Crippen LogP contribution in [0.5, 0.6) is 0 Å². The first-order chi connectivity index (χ1) is 5.43. The molecular weight excluding hydrogens is 282 g/mol. The van der Waals surface area contributed by atoms with Gasteiger partial charge in [-0.05, 0) is 35.6 Å². The van der Waals surface area contributed by atoms with Crippen LogP contribution in [0.15, 0.2) is 12.3 Å². The normalized spacial score (nSPS) is 11.8. The van der Waals surface area contributed by atoms with Crippen molar-refractivity contribution in [3.8, 4) is 0 Å². The summed E-state index contributed by atoms with van der Waals surface area (Å²) in [7, 11) is 0. The molecule has 0 aromatic carbocycles.